The highest BCUT2D eigenvalue weighted by Crippen LogP contribution is 1.95. The van der Waals surface area contributed by atoms with Gasteiger partial charge in [-0.3, -0.25) is 9.59 Å². The maximum Gasteiger partial charge on any atom is 0.239 e. The van der Waals surface area contributed by atoms with Crippen molar-refractivity contribution in [1.82, 2.24) is 4.90 Å². The average Bonchev–Trinajstić information content (AvgIpc) is 2.14. The molecule has 4 heteroatoms. The minimum Gasteiger partial charge on any atom is -0.337 e. The Kier molecular flexibility index (Phi) is 5.30. The van der Waals surface area contributed by atoms with Gasteiger partial charge in [-0.05, 0) is 6.42 Å². The molecule has 0 aliphatic heterocycles. The molecule has 1 unspecified atom stereocenters. The first-order chi connectivity index (χ1) is 6.02. The minimum absolute atomic E-state index is 0.0548. The summed E-state index contributed by atoms with van der Waals surface area (Å²) in [5.74, 6) is -0.108. The van der Waals surface area contributed by atoms with Crippen molar-refractivity contribution in [3.05, 3.63) is 0 Å². The van der Waals surface area contributed by atoms with E-state index in [1.165, 1.54) is 4.90 Å². The molecule has 0 saturated heterocycles. The number of Topliss-reactive ketones (excluding diaryl/α,β-unsaturated/α-hetero) is 1. The van der Waals surface area contributed by atoms with Crippen molar-refractivity contribution < 1.29 is 9.59 Å². The third-order valence-electron chi connectivity index (χ3n) is 1.94. The van der Waals surface area contributed by atoms with Gasteiger partial charge >= 0.3 is 0 Å². The molecule has 4 nitrogen and oxygen atoms in total. The van der Waals surface area contributed by atoms with Crippen molar-refractivity contribution in [3.63, 3.8) is 0 Å². The molecule has 0 heterocycles. The molecule has 13 heavy (non-hydrogen) atoms. The lowest BCUT2D eigenvalue weighted by Gasteiger charge is -2.19. The number of nitrogens with two attached hydrogens (primary N) is 1. The topological polar surface area (TPSA) is 63.4 Å². The van der Waals surface area contributed by atoms with Crippen LogP contribution in [0.15, 0.2) is 0 Å². The Labute approximate surface area is 79.1 Å². The predicted molar refractivity (Wildman–Crippen MR) is 51.2 cm³/mol. The van der Waals surface area contributed by atoms with Crippen LogP contribution in [-0.2, 0) is 9.59 Å². The molecule has 1 atom stereocenters. The van der Waals surface area contributed by atoms with Gasteiger partial charge in [0.05, 0.1) is 12.6 Å². The van der Waals surface area contributed by atoms with Gasteiger partial charge in [-0.2, -0.15) is 0 Å². The second kappa shape index (κ2) is 5.70. The first kappa shape index (κ1) is 12.1. The lowest BCUT2D eigenvalue weighted by Crippen LogP contribution is -2.43. The molecular weight excluding hydrogens is 168 g/mol. The van der Waals surface area contributed by atoms with Crippen LogP contribution in [0.5, 0.6) is 0 Å². The van der Waals surface area contributed by atoms with Gasteiger partial charge in [0.25, 0.3) is 0 Å². The molecular formula is C9H18N2O2. The monoisotopic (exact) mass is 186 g/mol. The van der Waals surface area contributed by atoms with Crippen LogP contribution in [0.4, 0.5) is 0 Å². The lowest BCUT2D eigenvalue weighted by atomic mass is 10.2. The summed E-state index contributed by atoms with van der Waals surface area (Å²) in [4.78, 5) is 23.8. The molecule has 0 rings (SSSR count). The number of rotatable bonds is 5. The summed E-state index contributed by atoms with van der Waals surface area (Å²) < 4.78 is 0. The van der Waals surface area contributed by atoms with E-state index < -0.39 is 6.04 Å². The number of amides is 1. The molecule has 2 N–H and O–H groups in total. The lowest BCUT2D eigenvalue weighted by molar-refractivity contribution is -0.135. The maximum atomic E-state index is 11.4. The predicted octanol–water partition coefficient (Wildman–Crippen LogP) is 0.161. The van der Waals surface area contributed by atoms with Crippen molar-refractivity contribution in [2.45, 2.75) is 32.7 Å². The van der Waals surface area contributed by atoms with E-state index in [4.69, 9.17) is 5.73 Å². The van der Waals surface area contributed by atoms with Crippen LogP contribution in [0.25, 0.3) is 0 Å². The molecule has 0 aromatic heterocycles. The summed E-state index contributed by atoms with van der Waals surface area (Å²) in [7, 11) is 1.60. The summed E-state index contributed by atoms with van der Waals surface area (Å²) in [5, 5.41) is 0. The first-order valence-electron chi connectivity index (χ1n) is 4.55. The van der Waals surface area contributed by atoms with Gasteiger partial charge in [0, 0.05) is 13.5 Å². The van der Waals surface area contributed by atoms with Crippen molar-refractivity contribution in [2.75, 3.05) is 13.6 Å². The van der Waals surface area contributed by atoms with E-state index in [0.29, 0.717) is 12.8 Å². The number of carbonyl (C=O) groups is 2. The van der Waals surface area contributed by atoms with E-state index in [-0.39, 0.29) is 18.2 Å². The molecule has 0 fully saturated rings. The fraction of sp³-hybridized carbons (Fsp3) is 0.778. The summed E-state index contributed by atoms with van der Waals surface area (Å²) in [6.07, 6.45) is 1.06. The van der Waals surface area contributed by atoms with Gasteiger partial charge in [-0.1, -0.05) is 13.8 Å². The number of carbonyl (C=O) groups excluding carboxylic acids is 2. The van der Waals surface area contributed by atoms with E-state index in [2.05, 4.69) is 0 Å². The standard InChI is InChI=1S/C9H18N2O2/c1-4-7(12)6-11(3)9(13)8(10)5-2/h8H,4-6,10H2,1-3H3. The van der Waals surface area contributed by atoms with Crippen LogP contribution < -0.4 is 5.73 Å². The first-order valence-corrected chi connectivity index (χ1v) is 4.55. The van der Waals surface area contributed by atoms with Gasteiger partial charge in [0.15, 0.2) is 5.78 Å². The zero-order valence-electron chi connectivity index (χ0n) is 8.54. The zero-order chi connectivity index (χ0) is 10.4. The molecule has 0 aromatic carbocycles. The quantitative estimate of drug-likeness (QED) is 0.665. The fourth-order valence-corrected chi connectivity index (χ4v) is 0.912. The third kappa shape index (κ3) is 4.03. The summed E-state index contributed by atoms with van der Waals surface area (Å²) in [6, 6.07) is -0.477. The Morgan fingerprint density at radius 1 is 1.38 bits per heavy atom. The summed E-state index contributed by atoms with van der Waals surface area (Å²) >= 11 is 0. The molecule has 76 valence electrons. The van der Waals surface area contributed by atoms with Gasteiger partial charge in [-0.15, -0.1) is 0 Å². The minimum atomic E-state index is -0.477. The van der Waals surface area contributed by atoms with Crippen LogP contribution in [0.1, 0.15) is 26.7 Å². The molecule has 1 amide bonds. The Morgan fingerprint density at radius 2 is 1.92 bits per heavy atom. The van der Waals surface area contributed by atoms with E-state index in [1.807, 2.05) is 6.92 Å². The normalized spacial score (nSPS) is 12.3. The molecule has 0 bridgehead atoms. The molecule has 0 saturated carbocycles. The number of hydrogen-bond donors (Lipinski definition) is 1. The van der Waals surface area contributed by atoms with Gasteiger partial charge in [0.1, 0.15) is 0 Å². The Balaban J connectivity index is 4.03. The number of ketones is 1. The maximum absolute atomic E-state index is 11.4. The number of likely N-dealkylation sites (N-methyl/N-ethyl adjacent to an activating group) is 1. The SMILES string of the molecule is CCC(=O)CN(C)C(=O)C(N)CC. The Morgan fingerprint density at radius 3 is 2.31 bits per heavy atom. The summed E-state index contributed by atoms with van der Waals surface area (Å²) in [5.41, 5.74) is 5.53. The molecule has 0 aromatic rings. The van der Waals surface area contributed by atoms with Gasteiger partial charge in [-0.25, -0.2) is 0 Å². The Bertz CT molecular complexity index is 192. The van der Waals surface area contributed by atoms with Crippen molar-refractivity contribution in [1.29, 1.82) is 0 Å². The van der Waals surface area contributed by atoms with E-state index in [1.54, 1.807) is 14.0 Å². The molecule has 0 radical (unpaired) electrons. The van der Waals surface area contributed by atoms with Crippen LogP contribution in [-0.4, -0.2) is 36.2 Å². The zero-order valence-corrected chi connectivity index (χ0v) is 8.54. The average molecular weight is 186 g/mol. The molecule has 0 spiro atoms. The highest BCUT2D eigenvalue weighted by atomic mass is 16.2. The smallest absolute Gasteiger partial charge is 0.239 e. The van der Waals surface area contributed by atoms with Crippen LogP contribution in [0.3, 0.4) is 0 Å². The van der Waals surface area contributed by atoms with E-state index in [0.717, 1.165) is 0 Å². The fourth-order valence-electron chi connectivity index (χ4n) is 0.912. The van der Waals surface area contributed by atoms with E-state index >= 15 is 0 Å². The second-order valence-electron chi connectivity index (χ2n) is 3.10. The highest BCUT2D eigenvalue weighted by Gasteiger charge is 2.17. The molecule has 0 aliphatic rings. The van der Waals surface area contributed by atoms with Crippen molar-refractivity contribution >= 4 is 11.7 Å². The van der Waals surface area contributed by atoms with Crippen LogP contribution >= 0.6 is 0 Å². The highest BCUT2D eigenvalue weighted by molar-refractivity contribution is 5.87. The van der Waals surface area contributed by atoms with Crippen LogP contribution in [0.2, 0.25) is 0 Å². The van der Waals surface area contributed by atoms with Crippen molar-refractivity contribution in [3.8, 4) is 0 Å². The largest absolute Gasteiger partial charge is 0.337 e. The van der Waals surface area contributed by atoms with E-state index in [9.17, 15) is 9.59 Å². The third-order valence-corrected chi connectivity index (χ3v) is 1.94. The number of nitrogens with zero attached hydrogens (tertiary/aromatic N) is 1. The van der Waals surface area contributed by atoms with Crippen LogP contribution in [0, 0.1) is 0 Å². The van der Waals surface area contributed by atoms with Crippen molar-refractivity contribution in [2.24, 2.45) is 5.73 Å². The Hall–Kier alpha value is -0.900. The summed E-state index contributed by atoms with van der Waals surface area (Å²) in [6.45, 7) is 3.79. The van der Waals surface area contributed by atoms with Gasteiger partial charge < -0.3 is 10.6 Å². The second-order valence-corrected chi connectivity index (χ2v) is 3.10. The number of hydrogen-bond acceptors (Lipinski definition) is 3. The molecule has 0 aliphatic carbocycles. The van der Waals surface area contributed by atoms with Gasteiger partial charge in [0.2, 0.25) is 5.91 Å².